The molecule has 0 aliphatic rings. The normalized spacial score (nSPS) is 12.0. The van der Waals surface area contributed by atoms with Crippen molar-refractivity contribution in [3.8, 4) is 0 Å². The van der Waals surface area contributed by atoms with Crippen LogP contribution in [0.15, 0.2) is 73.3 Å². The number of ketones is 1. The molecule has 4 nitrogen and oxygen atoms in total. The molecule has 1 heterocycles. The van der Waals surface area contributed by atoms with Crippen LogP contribution in [0.4, 0.5) is 0 Å². The van der Waals surface area contributed by atoms with Crippen molar-refractivity contribution >= 4 is 5.78 Å². The first kappa shape index (κ1) is 13.2. The average molecular weight is 277 g/mol. The summed E-state index contributed by atoms with van der Waals surface area (Å²) in [5, 5.41) is 4.19. The summed E-state index contributed by atoms with van der Waals surface area (Å²) in [5.41, 5.74) is 1.77. The molecule has 0 spiro atoms. The minimum absolute atomic E-state index is 0.0972. The molecule has 0 saturated heterocycles. The second-order valence-electron chi connectivity index (χ2n) is 4.80. The summed E-state index contributed by atoms with van der Waals surface area (Å²) in [7, 11) is 0. The predicted molar refractivity (Wildman–Crippen MR) is 80.0 cm³/mol. The lowest BCUT2D eigenvalue weighted by molar-refractivity contribution is 0.0967. The molecule has 1 atom stereocenters. The van der Waals surface area contributed by atoms with Crippen LogP contribution < -0.4 is 0 Å². The van der Waals surface area contributed by atoms with Gasteiger partial charge in [-0.05, 0) is 5.56 Å². The maximum Gasteiger partial charge on any atom is 0.165 e. The van der Waals surface area contributed by atoms with Gasteiger partial charge in [-0.15, -0.1) is 0 Å². The molecule has 3 rings (SSSR count). The number of benzene rings is 2. The number of aromatic nitrogens is 3. The Morgan fingerprint density at radius 2 is 1.67 bits per heavy atom. The summed E-state index contributed by atoms with van der Waals surface area (Å²) in [6.07, 6.45) is 3.50. The fourth-order valence-electron chi connectivity index (χ4n) is 2.34. The van der Waals surface area contributed by atoms with E-state index in [0.717, 1.165) is 11.1 Å². The highest BCUT2D eigenvalue weighted by molar-refractivity contribution is 5.96. The van der Waals surface area contributed by atoms with Gasteiger partial charge in [0.1, 0.15) is 12.7 Å². The van der Waals surface area contributed by atoms with E-state index in [1.807, 2.05) is 60.7 Å². The molecule has 0 aliphatic carbocycles. The van der Waals surface area contributed by atoms with Crippen LogP contribution in [0.5, 0.6) is 0 Å². The molecule has 0 amide bonds. The summed E-state index contributed by atoms with van der Waals surface area (Å²) < 4.78 is 1.73. The quantitative estimate of drug-likeness (QED) is 0.673. The molecule has 4 heteroatoms. The van der Waals surface area contributed by atoms with Crippen LogP contribution in [-0.2, 0) is 0 Å². The van der Waals surface area contributed by atoms with E-state index >= 15 is 0 Å². The molecule has 0 radical (unpaired) electrons. The third-order valence-corrected chi connectivity index (χ3v) is 3.41. The van der Waals surface area contributed by atoms with Gasteiger partial charge in [0.15, 0.2) is 5.78 Å². The molecule has 0 unspecified atom stereocenters. The fourth-order valence-corrected chi connectivity index (χ4v) is 2.34. The molecule has 0 bridgehead atoms. The van der Waals surface area contributed by atoms with E-state index in [2.05, 4.69) is 10.1 Å². The lowest BCUT2D eigenvalue weighted by Gasteiger charge is -2.16. The smallest absolute Gasteiger partial charge is 0.165 e. The van der Waals surface area contributed by atoms with E-state index in [-0.39, 0.29) is 11.8 Å². The first-order valence-corrected chi connectivity index (χ1v) is 6.82. The minimum atomic E-state index is -0.138. The van der Waals surface area contributed by atoms with Gasteiger partial charge in [0.25, 0.3) is 0 Å². The van der Waals surface area contributed by atoms with E-state index in [9.17, 15) is 4.79 Å². The Bertz CT molecular complexity index is 693. The van der Waals surface area contributed by atoms with Crippen molar-refractivity contribution in [1.82, 2.24) is 14.8 Å². The summed E-state index contributed by atoms with van der Waals surface area (Å²) >= 11 is 0. The summed E-state index contributed by atoms with van der Waals surface area (Å²) in [4.78, 5) is 16.5. The standard InChI is InChI=1S/C17H15N3O/c21-17(15-9-5-2-6-10-15)11-16(20-13-18-12-19-20)14-7-3-1-4-8-14/h1-10,12-13,16H,11H2/t16-/m1/s1. The second-order valence-corrected chi connectivity index (χ2v) is 4.80. The van der Waals surface area contributed by atoms with Gasteiger partial charge in [-0.2, -0.15) is 5.10 Å². The topological polar surface area (TPSA) is 47.8 Å². The van der Waals surface area contributed by atoms with Crippen LogP contribution in [0.1, 0.15) is 28.4 Å². The average Bonchev–Trinajstić information content (AvgIpc) is 3.08. The molecule has 2 aromatic carbocycles. The van der Waals surface area contributed by atoms with E-state index in [0.29, 0.717) is 6.42 Å². The third-order valence-electron chi connectivity index (χ3n) is 3.41. The number of carbonyl (C=O) groups is 1. The Hall–Kier alpha value is -2.75. The highest BCUT2D eigenvalue weighted by Crippen LogP contribution is 2.22. The maximum atomic E-state index is 12.5. The van der Waals surface area contributed by atoms with Crippen LogP contribution in [0.2, 0.25) is 0 Å². The van der Waals surface area contributed by atoms with Gasteiger partial charge < -0.3 is 0 Å². The minimum Gasteiger partial charge on any atom is -0.294 e. The van der Waals surface area contributed by atoms with Crippen LogP contribution in [0.3, 0.4) is 0 Å². The van der Waals surface area contributed by atoms with E-state index in [4.69, 9.17) is 0 Å². The Morgan fingerprint density at radius 1 is 1.00 bits per heavy atom. The zero-order chi connectivity index (χ0) is 14.5. The van der Waals surface area contributed by atoms with Crippen LogP contribution in [-0.4, -0.2) is 20.5 Å². The van der Waals surface area contributed by atoms with Crippen molar-refractivity contribution in [1.29, 1.82) is 0 Å². The highest BCUT2D eigenvalue weighted by atomic mass is 16.1. The second kappa shape index (κ2) is 6.13. The van der Waals surface area contributed by atoms with Crippen molar-refractivity contribution in [2.24, 2.45) is 0 Å². The summed E-state index contributed by atoms with van der Waals surface area (Å²) in [6.45, 7) is 0. The maximum absolute atomic E-state index is 12.5. The number of hydrogen-bond donors (Lipinski definition) is 0. The van der Waals surface area contributed by atoms with Crippen molar-refractivity contribution in [3.05, 3.63) is 84.4 Å². The van der Waals surface area contributed by atoms with Gasteiger partial charge in [-0.25, -0.2) is 9.67 Å². The van der Waals surface area contributed by atoms with Gasteiger partial charge in [0, 0.05) is 12.0 Å². The van der Waals surface area contributed by atoms with Crippen LogP contribution in [0, 0.1) is 0 Å². The van der Waals surface area contributed by atoms with Crippen molar-refractivity contribution in [2.75, 3.05) is 0 Å². The monoisotopic (exact) mass is 277 g/mol. The van der Waals surface area contributed by atoms with E-state index < -0.39 is 0 Å². The van der Waals surface area contributed by atoms with Gasteiger partial charge in [0.05, 0.1) is 6.04 Å². The van der Waals surface area contributed by atoms with Crippen molar-refractivity contribution in [2.45, 2.75) is 12.5 Å². The van der Waals surface area contributed by atoms with Crippen LogP contribution >= 0.6 is 0 Å². The molecule has 3 aromatic rings. The highest BCUT2D eigenvalue weighted by Gasteiger charge is 2.19. The molecule has 1 aromatic heterocycles. The molecule has 0 fully saturated rings. The molecule has 0 aliphatic heterocycles. The summed E-state index contributed by atoms with van der Waals surface area (Å²) in [5.74, 6) is 0.0972. The lowest BCUT2D eigenvalue weighted by atomic mass is 9.98. The zero-order valence-corrected chi connectivity index (χ0v) is 11.5. The van der Waals surface area contributed by atoms with E-state index in [1.54, 1.807) is 11.0 Å². The number of Topliss-reactive ketones (excluding diaryl/α,β-unsaturated/α-hetero) is 1. The van der Waals surface area contributed by atoms with Crippen molar-refractivity contribution in [3.63, 3.8) is 0 Å². The Kier molecular flexibility index (Phi) is 3.87. The SMILES string of the molecule is O=C(C[C@H](c1ccccc1)n1cncn1)c1ccccc1. The van der Waals surface area contributed by atoms with Gasteiger partial charge >= 0.3 is 0 Å². The number of rotatable bonds is 5. The fraction of sp³-hybridized carbons (Fsp3) is 0.118. The number of carbonyl (C=O) groups excluding carboxylic acids is 1. The first-order chi connectivity index (χ1) is 10.3. The van der Waals surface area contributed by atoms with E-state index in [1.165, 1.54) is 6.33 Å². The predicted octanol–water partition coefficient (Wildman–Crippen LogP) is 3.14. The Balaban J connectivity index is 1.89. The first-order valence-electron chi connectivity index (χ1n) is 6.82. The Labute approximate surface area is 123 Å². The number of hydrogen-bond acceptors (Lipinski definition) is 3. The molecule has 21 heavy (non-hydrogen) atoms. The Morgan fingerprint density at radius 3 is 2.29 bits per heavy atom. The molecular formula is C17H15N3O. The zero-order valence-electron chi connectivity index (χ0n) is 11.5. The molecule has 0 saturated carbocycles. The van der Waals surface area contributed by atoms with Crippen molar-refractivity contribution < 1.29 is 4.79 Å². The van der Waals surface area contributed by atoms with Gasteiger partial charge in [-0.3, -0.25) is 4.79 Å². The van der Waals surface area contributed by atoms with Crippen LogP contribution in [0.25, 0.3) is 0 Å². The summed E-state index contributed by atoms with van der Waals surface area (Å²) in [6, 6.07) is 19.1. The third kappa shape index (κ3) is 3.05. The molecular weight excluding hydrogens is 262 g/mol. The molecule has 0 N–H and O–H groups in total. The lowest BCUT2D eigenvalue weighted by Crippen LogP contribution is -2.16. The molecule has 104 valence electrons. The number of nitrogens with zero attached hydrogens (tertiary/aromatic N) is 3. The largest absolute Gasteiger partial charge is 0.294 e. The van der Waals surface area contributed by atoms with Gasteiger partial charge in [-0.1, -0.05) is 60.7 Å². The van der Waals surface area contributed by atoms with Gasteiger partial charge in [0.2, 0.25) is 0 Å².